The lowest BCUT2D eigenvalue weighted by Crippen LogP contribution is -2.04. The molecule has 8 nitrogen and oxygen atoms in total. The smallest absolute Gasteiger partial charge is 0.166 e. The molecule has 0 fully saturated rings. The van der Waals surface area contributed by atoms with Crippen molar-refractivity contribution in [3.8, 4) is 57.3 Å². The summed E-state index contributed by atoms with van der Waals surface area (Å²) in [7, 11) is 0. The fourth-order valence-electron chi connectivity index (χ4n) is 11.3. The zero-order valence-electron chi connectivity index (χ0n) is 38.4. The Hall–Kier alpha value is -10.1. The van der Waals surface area contributed by atoms with Crippen molar-refractivity contribution in [2.75, 3.05) is 0 Å². The van der Waals surface area contributed by atoms with Gasteiger partial charge in [0.1, 0.15) is 5.58 Å². The third-order valence-electron chi connectivity index (χ3n) is 14.3. The highest BCUT2D eigenvalue weighted by molar-refractivity contribution is 6.29. The second kappa shape index (κ2) is 15.5. The van der Waals surface area contributed by atoms with Crippen LogP contribution in [-0.4, -0.2) is 28.7 Å². The maximum Gasteiger partial charge on any atom is 0.166 e. The van der Waals surface area contributed by atoms with Crippen LogP contribution >= 0.6 is 0 Å². The van der Waals surface area contributed by atoms with Crippen molar-refractivity contribution in [3.05, 3.63) is 230 Å². The van der Waals surface area contributed by atoms with E-state index in [4.69, 9.17) is 19.4 Å². The SMILES string of the molecule is N#Cc1cc(-n2c3ccccc3c3cc(-n4c5ccccc5c5ccccc54)c4c(c5ccccc5n4-c4ccccc4)c32)c2oc3ccccc3c2c1-c1nc(-c2ccccc2)nc(-c2ccccc2)n1. The Kier molecular flexibility index (Phi) is 8.55. The van der Waals surface area contributed by atoms with Crippen molar-refractivity contribution >= 4 is 87.4 Å². The second-order valence-corrected chi connectivity index (χ2v) is 18.2. The Balaban J connectivity index is 1.13. The van der Waals surface area contributed by atoms with E-state index in [0.717, 1.165) is 93.6 Å². The van der Waals surface area contributed by atoms with Crippen molar-refractivity contribution in [2.45, 2.75) is 0 Å². The van der Waals surface area contributed by atoms with Crippen LogP contribution in [0.25, 0.3) is 139 Å². The molecule has 0 saturated carbocycles. The maximum absolute atomic E-state index is 11.6. The van der Waals surface area contributed by atoms with Crippen molar-refractivity contribution in [1.82, 2.24) is 28.7 Å². The van der Waals surface area contributed by atoms with Gasteiger partial charge in [0.15, 0.2) is 23.1 Å². The first-order valence-electron chi connectivity index (χ1n) is 24.0. The van der Waals surface area contributed by atoms with E-state index < -0.39 is 0 Å². The van der Waals surface area contributed by atoms with E-state index in [1.54, 1.807) is 0 Å². The lowest BCUT2D eigenvalue weighted by Gasteiger charge is -2.17. The number of hydrogen-bond donors (Lipinski definition) is 0. The maximum atomic E-state index is 11.6. The molecular weight excluding hydrogens is 883 g/mol. The van der Waals surface area contributed by atoms with Gasteiger partial charge in [0.05, 0.1) is 56.1 Å². The summed E-state index contributed by atoms with van der Waals surface area (Å²) < 4.78 is 14.3. The van der Waals surface area contributed by atoms with Crippen molar-refractivity contribution in [3.63, 3.8) is 0 Å². The van der Waals surface area contributed by atoms with E-state index in [-0.39, 0.29) is 0 Å². The number of furan rings is 1. The second-order valence-electron chi connectivity index (χ2n) is 18.2. The summed E-state index contributed by atoms with van der Waals surface area (Å²) in [5.74, 6) is 1.40. The van der Waals surface area contributed by atoms with Crippen LogP contribution in [0.4, 0.5) is 0 Å². The molecule has 72 heavy (non-hydrogen) atoms. The van der Waals surface area contributed by atoms with Gasteiger partial charge in [-0.1, -0.05) is 170 Å². The molecule has 0 N–H and O–H groups in total. The van der Waals surface area contributed by atoms with E-state index in [2.05, 4.69) is 159 Å². The normalized spacial score (nSPS) is 11.9. The molecule has 334 valence electrons. The Morgan fingerprint density at radius 3 is 1.44 bits per heavy atom. The Morgan fingerprint density at radius 2 is 0.847 bits per heavy atom. The van der Waals surface area contributed by atoms with Crippen LogP contribution < -0.4 is 0 Å². The van der Waals surface area contributed by atoms with Gasteiger partial charge in [-0.3, -0.25) is 0 Å². The summed E-state index contributed by atoms with van der Waals surface area (Å²) >= 11 is 0. The first-order valence-corrected chi connectivity index (χ1v) is 24.0. The van der Waals surface area contributed by atoms with Crippen molar-refractivity contribution < 1.29 is 4.42 Å². The summed E-state index contributed by atoms with van der Waals surface area (Å²) in [5.41, 5.74) is 13.1. The molecular formula is C64H37N7O. The third kappa shape index (κ3) is 5.70. The minimum Gasteiger partial charge on any atom is -0.454 e. The number of rotatable bonds is 6. The van der Waals surface area contributed by atoms with E-state index >= 15 is 0 Å². The molecule has 0 unspecified atom stereocenters. The van der Waals surface area contributed by atoms with Crippen LogP contribution in [0.5, 0.6) is 0 Å². The van der Waals surface area contributed by atoms with Crippen LogP contribution in [0, 0.1) is 11.3 Å². The molecule has 8 heteroatoms. The Morgan fingerprint density at radius 1 is 0.375 bits per heavy atom. The number of hydrogen-bond acceptors (Lipinski definition) is 5. The number of fused-ring (bicyclic) bond motifs is 13. The van der Waals surface area contributed by atoms with Gasteiger partial charge in [0.25, 0.3) is 0 Å². The number of aromatic nitrogens is 6. The van der Waals surface area contributed by atoms with Crippen molar-refractivity contribution in [2.24, 2.45) is 0 Å². The molecule has 0 atom stereocenters. The van der Waals surface area contributed by atoms with Crippen LogP contribution in [0.3, 0.4) is 0 Å². The monoisotopic (exact) mass is 919 g/mol. The molecule has 0 aliphatic carbocycles. The van der Waals surface area contributed by atoms with Gasteiger partial charge in [-0.05, 0) is 54.6 Å². The molecule has 15 aromatic rings. The molecule has 0 radical (unpaired) electrons. The molecule has 0 bridgehead atoms. The molecule has 15 rings (SSSR count). The summed E-state index contributed by atoms with van der Waals surface area (Å²) in [6.07, 6.45) is 0. The zero-order chi connectivity index (χ0) is 47.4. The number of nitrogens with zero attached hydrogens (tertiary/aromatic N) is 7. The fraction of sp³-hybridized carbons (Fsp3) is 0. The minimum atomic E-state index is 0.383. The Labute approximate surface area is 411 Å². The molecule has 0 saturated heterocycles. The first kappa shape index (κ1) is 39.9. The molecule has 5 heterocycles. The largest absolute Gasteiger partial charge is 0.454 e. The molecule has 0 aliphatic rings. The van der Waals surface area contributed by atoms with E-state index in [0.29, 0.717) is 39.8 Å². The predicted molar refractivity (Wildman–Crippen MR) is 291 cm³/mol. The van der Waals surface area contributed by atoms with Gasteiger partial charge in [0.2, 0.25) is 0 Å². The van der Waals surface area contributed by atoms with Crippen LogP contribution in [-0.2, 0) is 0 Å². The van der Waals surface area contributed by atoms with Crippen molar-refractivity contribution in [1.29, 1.82) is 5.26 Å². The van der Waals surface area contributed by atoms with Gasteiger partial charge < -0.3 is 18.1 Å². The zero-order valence-corrected chi connectivity index (χ0v) is 38.4. The molecule has 0 spiro atoms. The lowest BCUT2D eigenvalue weighted by molar-refractivity contribution is 0.666. The summed E-state index contributed by atoms with van der Waals surface area (Å²) in [5, 5.41) is 19.8. The molecule has 10 aromatic carbocycles. The third-order valence-corrected chi connectivity index (χ3v) is 14.3. The molecule has 0 aliphatic heterocycles. The lowest BCUT2D eigenvalue weighted by atomic mass is 9.98. The Bertz CT molecular complexity index is 4640. The topological polar surface area (TPSA) is 90.4 Å². The average molecular weight is 920 g/mol. The van der Waals surface area contributed by atoms with Gasteiger partial charge in [-0.2, -0.15) is 5.26 Å². The fourth-order valence-corrected chi connectivity index (χ4v) is 11.3. The number of nitriles is 1. The first-order chi connectivity index (χ1) is 35.7. The minimum absolute atomic E-state index is 0.383. The summed E-state index contributed by atoms with van der Waals surface area (Å²) in [6.45, 7) is 0. The molecule has 5 aromatic heterocycles. The van der Waals surface area contributed by atoms with E-state index in [9.17, 15) is 5.26 Å². The highest BCUT2D eigenvalue weighted by Gasteiger charge is 2.30. The van der Waals surface area contributed by atoms with Crippen LogP contribution in [0.1, 0.15) is 5.56 Å². The number of benzene rings is 10. The standard InChI is InChI=1S/C64H37N7O/c65-38-41-36-54(61-57(47-30-14-19-35-55(47)72-61)56(41)64-67-62(39-20-4-1-5-21-39)66-63(68-64)40-22-6-2-7-23-40)71-51-33-17-12-28-45(51)48-37-53(70-49-31-15-10-26-43(49)44-27-11-16-32-50(44)70)60-58(59(48)71)46-29-13-18-34-52(46)69(60)42-24-8-3-9-25-42/h1-37H. The quantitative estimate of drug-likeness (QED) is 0.166. The van der Waals surface area contributed by atoms with E-state index in [1.165, 1.54) is 10.8 Å². The summed E-state index contributed by atoms with van der Waals surface area (Å²) in [4.78, 5) is 15.4. The van der Waals surface area contributed by atoms with E-state index in [1.807, 2.05) is 84.9 Å². The molecule has 0 amide bonds. The van der Waals surface area contributed by atoms with Gasteiger partial charge >= 0.3 is 0 Å². The van der Waals surface area contributed by atoms with Crippen LogP contribution in [0.15, 0.2) is 229 Å². The van der Waals surface area contributed by atoms with Crippen LogP contribution in [0.2, 0.25) is 0 Å². The summed E-state index contributed by atoms with van der Waals surface area (Å²) in [6, 6.07) is 80.2. The van der Waals surface area contributed by atoms with Gasteiger partial charge in [0, 0.05) is 65.5 Å². The predicted octanol–water partition coefficient (Wildman–Crippen LogP) is 15.9. The van der Waals surface area contributed by atoms with Gasteiger partial charge in [-0.25, -0.2) is 15.0 Å². The number of para-hydroxylation sites is 6. The average Bonchev–Trinajstić information content (AvgIpc) is 4.20. The highest BCUT2D eigenvalue weighted by Crippen LogP contribution is 2.49. The highest BCUT2D eigenvalue weighted by atomic mass is 16.3. The van der Waals surface area contributed by atoms with Gasteiger partial charge in [-0.15, -0.1) is 0 Å².